The van der Waals surface area contributed by atoms with E-state index in [0.29, 0.717) is 6.42 Å². The van der Waals surface area contributed by atoms with Crippen LogP contribution in [0, 0.1) is 0 Å². The number of unbranched alkanes of at least 4 members (excludes halogenated alkanes) is 1. The summed E-state index contributed by atoms with van der Waals surface area (Å²) in [6, 6.07) is 26.7. The van der Waals surface area contributed by atoms with E-state index >= 15 is 0 Å². The summed E-state index contributed by atoms with van der Waals surface area (Å²) in [6.07, 6.45) is 2.63. The second kappa shape index (κ2) is 8.07. The van der Waals surface area contributed by atoms with Crippen molar-refractivity contribution < 1.29 is 9.90 Å². The van der Waals surface area contributed by atoms with Gasteiger partial charge < -0.3 is 5.11 Å². The predicted molar refractivity (Wildman–Crippen MR) is 131 cm³/mol. The Labute approximate surface area is 189 Å². The first-order valence-corrected chi connectivity index (χ1v) is 11.6. The fraction of sp³-hybridized carbons (Fsp3) is 0.276. The highest BCUT2D eigenvalue weighted by molar-refractivity contribution is 6.14. The molecule has 32 heavy (non-hydrogen) atoms. The standard InChI is InChI=1S/C29H29NO2/c1-3-4-14-21(31)19-29(2)24-17-10-8-15-22(24)27-26(20-12-6-5-7-13-20)23-16-9-11-18-25(23)30(27)28(29)32/h5-13,15-18,21,31H,3-4,14,19H2,1-2H3/t21-,29+/m0/s1. The number of carbonyl (C=O) groups is 1. The Morgan fingerprint density at radius 1 is 0.938 bits per heavy atom. The van der Waals surface area contributed by atoms with Gasteiger partial charge in [-0.25, -0.2) is 0 Å². The normalized spacial score (nSPS) is 18.4. The number of nitrogens with zero attached hydrogens (tertiary/aromatic N) is 1. The van der Waals surface area contributed by atoms with Crippen molar-refractivity contribution in [1.82, 2.24) is 4.57 Å². The molecule has 3 heteroatoms. The summed E-state index contributed by atoms with van der Waals surface area (Å²) in [5.74, 6) is 0.0418. The zero-order valence-corrected chi connectivity index (χ0v) is 18.7. The minimum Gasteiger partial charge on any atom is -0.393 e. The average molecular weight is 424 g/mol. The molecule has 0 amide bonds. The van der Waals surface area contributed by atoms with Crippen LogP contribution in [0.4, 0.5) is 0 Å². The molecule has 0 bridgehead atoms. The first-order valence-electron chi connectivity index (χ1n) is 11.6. The lowest BCUT2D eigenvalue weighted by Gasteiger charge is -2.37. The summed E-state index contributed by atoms with van der Waals surface area (Å²) in [5, 5.41) is 11.9. The van der Waals surface area contributed by atoms with Crippen LogP contribution in [0.1, 0.15) is 49.9 Å². The molecule has 0 unspecified atom stereocenters. The molecule has 3 nitrogen and oxygen atoms in total. The number of hydrogen-bond donors (Lipinski definition) is 1. The van der Waals surface area contributed by atoms with E-state index in [1.807, 2.05) is 60.0 Å². The zero-order chi connectivity index (χ0) is 22.3. The summed E-state index contributed by atoms with van der Waals surface area (Å²) in [4.78, 5) is 14.2. The van der Waals surface area contributed by atoms with Crippen LogP contribution in [-0.4, -0.2) is 21.7 Å². The first-order chi connectivity index (χ1) is 15.6. The third-order valence-electron chi connectivity index (χ3n) is 6.92. The van der Waals surface area contributed by atoms with Gasteiger partial charge in [-0.05, 0) is 37.0 Å². The van der Waals surface area contributed by atoms with Crippen LogP contribution < -0.4 is 0 Å². The van der Waals surface area contributed by atoms with E-state index in [0.717, 1.165) is 58.1 Å². The molecule has 0 fully saturated rings. The number of aliphatic hydroxyl groups is 1. The summed E-state index contributed by atoms with van der Waals surface area (Å²) < 4.78 is 1.91. The van der Waals surface area contributed by atoms with Crippen LogP contribution in [0.3, 0.4) is 0 Å². The molecule has 0 saturated heterocycles. The van der Waals surface area contributed by atoms with Crippen molar-refractivity contribution >= 4 is 16.8 Å². The van der Waals surface area contributed by atoms with Crippen molar-refractivity contribution in [3.63, 3.8) is 0 Å². The van der Waals surface area contributed by atoms with Gasteiger partial charge in [-0.2, -0.15) is 0 Å². The number of rotatable bonds is 6. The predicted octanol–water partition coefficient (Wildman–Crippen LogP) is 6.83. The third kappa shape index (κ3) is 3.11. The lowest BCUT2D eigenvalue weighted by molar-refractivity contribution is 0.0692. The van der Waals surface area contributed by atoms with Gasteiger partial charge in [0.15, 0.2) is 0 Å². The molecule has 0 saturated carbocycles. The first kappa shape index (κ1) is 20.7. The third-order valence-corrected chi connectivity index (χ3v) is 6.92. The number of hydrogen-bond acceptors (Lipinski definition) is 2. The Morgan fingerprint density at radius 3 is 2.41 bits per heavy atom. The van der Waals surface area contributed by atoms with E-state index in [1.165, 1.54) is 0 Å². The molecule has 1 aromatic heterocycles. The fourth-order valence-corrected chi connectivity index (χ4v) is 5.35. The van der Waals surface area contributed by atoms with Gasteiger partial charge in [-0.1, -0.05) is 92.6 Å². The van der Waals surface area contributed by atoms with Crippen LogP contribution in [-0.2, 0) is 5.41 Å². The Kier molecular flexibility index (Phi) is 5.22. The van der Waals surface area contributed by atoms with Crippen LogP contribution in [0.15, 0.2) is 78.9 Å². The molecule has 162 valence electrons. The number of benzene rings is 3. The molecule has 1 aliphatic heterocycles. The van der Waals surface area contributed by atoms with E-state index in [1.54, 1.807) is 0 Å². The largest absolute Gasteiger partial charge is 0.393 e. The zero-order valence-electron chi connectivity index (χ0n) is 18.7. The number of fused-ring (bicyclic) bond motifs is 5. The number of para-hydroxylation sites is 1. The molecule has 4 aromatic rings. The molecule has 1 N–H and O–H groups in total. The Balaban J connectivity index is 1.79. The maximum atomic E-state index is 14.2. The van der Waals surface area contributed by atoms with E-state index in [-0.39, 0.29) is 5.91 Å². The van der Waals surface area contributed by atoms with E-state index in [2.05, 4.69) is 37.3 Å². The molecular formula is C29H29NO2. The van der Waals surface area contributed by atoms with Gasteiger partial charge >= 0.3 is 0 Å². The van der Waals surface area contributed by atoms with Crippen LogP contribution >= 0.6 is 0 Å². The monoisotopic (exact) mass is 423 g/mol. The molecule has 5 rings (SSSR count). The smallest absolute Gasteiger partial charge is 0.242 e. The van der Waals surface area contributed by atoms with Crippen LogP contribution in [0.2, 0.25) is 0 Å². The SMILES string of the molecule is CCCC[C@H](O)C[C@@]1(C)C(=O)n2c(c(-c3ccccc3)c3ccccc32)-c2ccccc21. The molecule has 0 radical (unpaired) electrons. The summed E-state index contributed by atoms with van der Waals surface area (Å²) in [5.41, 5.74) is 5.38. The van der Waals surface area contributed by atoms with Gasteiger partial charge in [0.05, 0.1) is 22.7 Å². The van der Waals surface area contributed by atoms with Crippen molar-refractivity contribution in [2.45, 2.75) is 51.0 Å². The molecule has 2 atom stereocenters. The second-order valence-electron chi connectivity index (χ2n) is 9.13. The molecule has 0 spiro atoms. The number of aliphatic hydroxyl groups excluding tert-OH is 1. The van der Waals surface area contributed by atoms with E-state index in [4.69, 9.17) is 0 Å². The van der Waals surface area contributed by atoms with Crippen molar-refractivity contribution in [2.24, 2.45) is 0 Å². The maximum Gasteiger partial charge on any atom is 0.242 e. The van der Waals surface area contributed by atoms with E-state index < -0.39 is 11.5 Å². The minimum absolute atomic E-state index is 0.0418. The highest BCUT2D eigenvalue weighted by Gasteiger charge is 2.45. The summed E-state index contributed by atoms with van der Waals surface area (Å²) in [6.45, 7) is 4.13. The van der Waals surface area contributed by atoms with Crippen molar-refractivity contribution in [2.75, 3.05) is 0 Å². The molecule has 3 aromatic carbocycles. The van der Waals surface area contributed by atoms with Gasteiger partial charge in [0.1, 0.15) is 0 Å². The Hall–Kier alpha value is -3.17. The van der Waals surface area contributed by atoms with Gasteiger partial charge in [0.25, 0.3) is 0 Å². The summed E-state index contributed by atoms with van der Waals surface area (Å²) in [7, 11) is 0. The summed E-state index contributed by atoms with van der Waals surface area (Å²) >= 11 is 0. The van der Waals surface area contributed by atoms with Gasteiger partial charge in [-0.3, -0.25) is 9.36 Å². The van der Waals surface area contributed by atoms with Crippen LogP contribution in [0.25, 0.3) is 33.3 Å². The Bertz CT molecular complexity index is 1290. The Morgan fingerprint density at radius 2 is 1.62 bits per heavy atom. The fourth-order valence-electron chi connectivity index (χ4n) is 5.35. The number of aromatic nitrogens is 1. The topological polar surface area (TPSA) is 42.2 Å². The van der Waals surface area contributed by atoms with Crippen molar-refractivity contribution in [3.8, 4) is 22.4 Å². The van der Waals surface area contributed by atoms with Crippen molar-refractivity contribution in [3.05, 3.63) is 84.4 Å². The van der Waals surface area contributed by atoms with Crippen molar-refractivity contribution in [1.29, 1.82) is 0 Å². The number of carbonyl (C=O) groups excluding carboxylic acids is 1. The van der Waals surface area contributed by atoms with Gasteiger partial charge in [0, 0.05) is 16.5 Å². The van der Waals surface area contributed by atoms with Gasteiger partial charge in [0.2, 0.25) is 5.91 Å². The molecule has 2 heterocycles. The lowest BCUT2D eigenvalue weighted by atomic mass is 9.71. The quantitative estimate of drug-likeness (QED) is 0.369. The molecular weight excluding hydrogens is 394 g/mol. The second-order valence-corrected chi connectivity index (χ2v) is 9.13. The highest BCUT2D eigenvalue weighted by atomic mass is 16.3. The van der Waals surface area contributed by atoms with Gasteiger partial charge in [-0.15, -0.1) is 0 Å². The molecule has 0 aliphatic carbocycles. The molecule has 1 aliphatic rings. The minimum atomic E-state index is -0.785. The highest BCUT2D eigenvalue weighted by Crippen LogP contribution is 2.50. The van der Waals surface area contributed by atoms with E-state index in [9.17, 15) is 9.90 Å². The lowest BCUT2D eigenvalue weighted by Crippen LogP contribution is -2.43. The van der Waals surface area contributed by atoms with Crippen LogP contribution in [0.5, 0.6) is 0 Å². The average Bonchev–Trinajstić information content (AvgIpc) is 3.17. The maximum absolute atomic E-state index is 14.2.